The molecule has 1 aromatic carbocycles. The lowest BCUT2D eigenvalue weighted by Crippen LogP contribution is -2.33. The number of rotatable bonds is 6. The Morgan fingerprint density at radius 3 is 2.61 bits per heavy atom. The van der Waals surface area contributed by atoms with Gasteiger partial charge < -0.3 is 14.4 Å². The van der Waals surface area contributed by atoms with Crippen molar-refractivity contribution in [2.75, 3.05) is 6.54 Å². The van der Waals surface area contributed by atoms with Gasteiger partial charge in [0.1, 0.15) is 5.76 Å². The van der Waals surface area contributed by atoms with Gasteiger partial charge in [0.15, 0.2) is 23.7 Å². The van der Waals surface area contributed by atoms with Crippen LogP contribution in [0.5, 0.6) is 0 Å². The molecule has 1 aromatic heterocycles. The number of aliphatic carboxylic acids is 1. The van der Waals surface area contributed by atoms with E-state index in [1.165, 1.54) is 11.0 Å². The monoisotopic (exact) mass is 324 g/mol. The van der Waals surface area contributed by atoms with Crippen LogP contribution in [0.1, 0.15) is 28.2 Å². The highest BCUT2D eigenvalue weighted by molar-refractivity contribution is 5.93. The van der Waals surface area contributed by atoms with Crippen LogP contribution in [0.4, 0.5) is 8.78 Å². The Labute approximate surface area is 130 Å². The molecule has 0 atom stereocenters. The van der Waals surface area contributed by atoms with Crippen molar-refractivity contribution >= 4 is 11.9 Å². The number of carbonyl (C=O) groups excluding carboxylic acids is 1. The molecule has 0 aliphatic rings. The number of halogens is 2. The Morgan fingerprint density at radius 1 is 1.30 bits per heavy atom. The summed E-state index contributed by atoms with van der Waals surface area (Å²) in [7, 11) is 0. The third kappa shape index (κ3) is 4.12. The molecule has 122 valence electrons. The summed E-state index contributed by atoms with van der Waals surface area (Å²) in [6, 6.07) is 3.24. The summed E-state index contributed by atoms with van der Waals surface area (Å²) >= 11 is 0. The summed E-state index contributed by atoms with van der Waals surface area (Å²) in [5.74, 6) is -3.36. The smallest absolute Gasteiger partial charge is 0.305 e. The van der Waals surface area contributed by atoms with Crippen molar-refractivity contribution in [1.29, 1.82) is 0 Å². The van der Waals surface area contributed by atoms with E-state index in [4.69, 9.17) is 9.52 Å². The standard InChI is InChI=1S/C15H14F2N2O4/c1-9-14(18-8-23-9)15(22)19(5-4-13(20)21)7-10-2-3-11(16)12(17)6-10/h2-3,6,8H,4-5,7H2,1H3,(H,20,21). The molecule has 1 amide bonds. The van der Waals surface area contributed by atoms with E-state index < -0.39 is 23.5 Å². The third-order valence-electron chi connectivity index (χ3n) is 3.19. The zero-order valence-electron chi connectivity index (χ0n) is 12.3. The summed E-state index contributed by atoms with van der Waals surface area (Å²) in [5, 5.41) is 8.79. The number of oxazole rings is 1. The minimum Gasteiger partial charge on any atom is -0.481 e. The molecule has 0 radical (unpaired) electrons. The van der Waals surface area contributed by atoms with Crippen LogP contribution in [0.2, 0.25) is 0 Å². The topological polar surface area (TPSA) is 83.6 Å². The second-order valence-corrected chi connectivity index (χ2v) is 4.88. The van der Waals surface area contributed by atoms with E-state index in [1.807, 2.05) is 0 Å². The zero-order chi connectivity index (χ0) is 17.0. The fraction of sp³-hybridized carbons (Fsp3) is 0.267. The van der Waals surface area contributed by atoms with Crippen molar-refractivity contribution in [3.63, 3.8) is 0 Å². The molecule has 0 spiro atoms. The fourth-order valence-corrected chi connectivity index (χ4v) is 2.00. The molecule has 0 bridgehead atoms. The van der Waals surface area contributed by atoms with Crippen LogP contribution in [0.15, 0.2) is 29.0 Å². The Bertz CT molecular complexity index is 730. The maximum atomic E-state index is 13.3. The van der Waals surface area contributed by atoms with E-state index >= 15 is 0 Å². The molecule has 0 saturated carbocycles. The first-order valence-electron chi connectivity index (χ1n) is 6.73. The van der Waals surface area contributed by atoms with Crippen molar-refractivity contribution in [2.24, 2.45) is 0 Å². The zero-order valence-corrected chi connectivity index (χ0v) is 12.3. The van der Waals surface area contributed by atoms with Gasteiger partial charge in [0.2, 0.25) is 0 Å². The van der Waals surface area contributed by atoms with Gasteiger partial charge in [-0.2, -0.15) is 0 Å². The molecular formula is C15H14F2N2O4. The maximum absolute atomic E-state index is 13.3. The van der Waals surface area contributed by atoms with Crippen molar-refractivity contribution in [3.05, 3.63) is 53.2 Å². The van der Waals surface area contributed by atoms with Gasteiger partial charge in [0.05, 0.1) is 6.42 Å². The number of hydrogen-bond acceptors (Lipinski definition) is 4. The second kappa shape index (κ2) is 6.99. The van der Waals surface area contributed by atoms with Crippen molar-refractivity contribution < 1.29 is 27.9 Å². The van der Waals surface area contributed by atoms with Gasteiger partial charge >= 0.3 is 5.97 Å². The highest BCUT2D eigenvalue weighted by atomic mass is 19.2. The number of carboxylic acids is 1. The number of amides is 1. The molecular weight excluding hydrogens is 310 g/mol. The molecule has 0 saturated heterocycles. The van der Waals surface area contributed by atoms with Crippen LogP contribution in [-0.2, 0) is 11.3 Å². The molecule has 6 nitrogen and oxygen atoms in total. The average Bonchev–Trinajstić information content (AvgIpc) is 2.92. The summed E-state index contributed by atoms with van der Waals surface area (Å²) in [6.45, 7) is 1.38. The first kappa shape index (κ1) is 16.6. The Morgan fingerprint density at radius 2 is 2.04 bits per heavy atom. The van der Waals surface area contributed by atoms with Crippen molar-refractivity contribution in [2.45, 2.75) is 19.9 Å². The molecule has 2 aromatic rings. The number of carboxylic acid groups (broad SMARTS) is 1. The van der Waals surface area contributed by atoms with Gasteiger partial charge in [-0.05, 0) is 24.6 Å². The summed E-state index contributed by atoms with van der Waals surface area (Å²) in [5.41, 5.74) is 0.391. The normalized spacial score (nSPS) is 10.6. The lowest BCUT2D eigenvalue weighted by Gasteiger charge is -2.21. The van der Waals surface area contributed by atoms with Gasteiger partial charge in [-0.15, -0.1) is 0 Å². The lowest BCUT2D eigenvalue weighted by atomic mass is 10.2. The summed E-state index contributed by atoms with van der Waals surface area (Å²) in [6.07, 6.45) is 0.821. The van der Waals surface area contributed by atoms with E-state index in [-0.39, 0.29) is 25.2 Å². The number of benzene rings is 1. The Hall–Kier alpha value is -2.77. The van der Waals surface area contributed by atoms with Gasteiger partial charge in [-0.1, -0.05) is 6.07 Å². The largest absolute Gasteiger partial charge is 0.481 e. The van der Waals surface area contributed by atoms with Crippen LogP contribution >= 0.6 is 0 Å². The van der Waals surface area contributed by atoms with E-state index in [0.717, 1.165) is 18.5 Å². The quantitative estimate of drug-likeness (QED) is 0.882. The van der Waals surface area contributed by atoms with Gasteiger partial charge in [0.25, 0.3) is 5.91 Å². The fourth-order valence-electron chi connectivity index (χ4n) is 2.00. The van der Waals surface area contributed by atoms with Crippen molar-refractivity contribution in [1.82, 2.24) is 9.88 Å². The SMILES string of the molecule is Cc1ocnc1C(=O)N(CCC(=O)O)Cc1ccc(F)c(F)c1. The number of hydrogen-bond donors (Lipinski definition) is 1. The predicted octanol–water partition coefficient (Wildman–Crippen LogP) is 2.38. The van der Waals surface area contributed by atoms with Crippen LogP contribution in [0.3, 0.4) is 0 Å². The average molecular weight is 324 g/mol. The molecule has 1 heterocycles. The van der Waals surface area contributed by atoms with Crippen LogP contribution in [-0.4, -0.2) is 33.4 Å². The molecule has 1 N–H and O–H groups in total. The van der Waals surface area contributed by atoms with Gasteiger partial charge in [0, 0.05) is 13.1 Å². The second-order valence-electron chi connectivity index (χ2n) is 4.88. The van der Waals surface area contributed by atoms with E-state index in [0.29, 0.717) is 11.3 Å². The highest BCUT2D eigenvalue weighted by Crippen LogP contribution is 2.15. The number of aryl methyl sites for hydroxylation is 1. The number of carbonyl (C=O) groups is 2. The third-order valence-corrected chi connectivity index (χ3v) is 3.19. The first-order valence-corrected chi connectivity index (χ1v) is 6.73. The number of nitrogens with zero attached hydrogens (tertiary/aromatic N) is 2. The number of aromatic nitrogens is 1. The molecule has 0 aliphatic heterocycles. The van der Waals surface area contributed by atoms with Crippen LogP contribution in [0.25, 0.3) is 0 Å². The minimum atomic E-state index is -1.08. The summed E-state index contributed by atoms with van der Waals surface area (Å²) < 4.78 is 31.2. The van der Waals surface area contributed by atoms with E-state index in [1.54, 1.807) is 6.92 Å². The van der Waals surface area contributed by atoms with E-state index in [9.17, 15) is 18.4 Å². The summed E-state index contributed by atoms with van der Waals surface area (Å²) in [4.78, 5) is 28.2. The highest BCUT2D eigenvalue weighted by Gasteiger charge is 2.22. The van der Waals surface area contributed by atoms with E-state index in [2.05, 4.69) is 4.98 Å². The van der Waals surface area contributed by atoms with Gasteiger partial charge in [-0.3, -0.25) is 9.59 Å². The van der Waals surface area contributed by atoms with Crippen LogP contribution in [0, 0.1) is 18.6 Å². The molecule has 0 unspecified atom stereocenters. The van der Waals surface area contributed by atoms with Crippen molar-refractivity contribution in [3.8, 4) is 0 Å². The molecule has 2 rings (SSSR count). The van der Waals surface area contributed by atoms with Gasteiger partial charge in [-0.25, -0.2) is 13.8 Å². The Kier molecular flexibility index (Phi) is 5.05. The maximum Gasteiger partial charge on any atom is 0.305 e. The molecule has 23 heavy (non-hydrogen) atoms. The van der Waals surface area contributed by atoms with Crippen LogP contribution < -0.4 is 0 Å². The molecule has 0 fully saturated rings. The first-order chi connectivity index (χ1) is 10.9. The molecule has 0 aliphatic carbocycles. The Balaban J connectivity index is 2.22. The molecule has 8 heteroatoms. The lowest BCUT2D eigenvalue weighted by molar-refractivity contribution is -0.137. The predicted molar refractivity (Wildman–Crippen MR) is 74.6 cm³/mol. The minimum absolute atomic E-state index is 0.0537.